The van der Waals surface area contributed by atoms with Crippen LogP contribution in [0.3, 0.4) is 0 Å². The lowest BCUT2D eigenvalue weighted by Crippen LogP contribution is -2.12. The molecule has 1 heteroatoms. The van der Waals surface area contributed by atoms with Crippen molar-refractivity contribution in [2.75, 3.05) is 4.90 Å². The molecule has 0 fully saturated rings. The van der Waals surface area contributed by atoms with Gasteiger partial charge in [-0.05, 0) is 95.5 Å². The Morgan fingerprint density at radius 1 is 0.255 bits per heavy atom. The van der Waals surface area contributed by atoms with E-state index in [1.807, 2.05) is 0 Å². The fraction of sp³-hybridized carbons (Fsp3) is 0. The molecule has 0 aliphatic carbocycles. The molecule has 0 unspecified atom stereocenters. The molecule has 0 aliphatic heterocycles. The van der Waals surface area contributed by atoms with Gasteiger partial charge in [-0.1, -0.05) is 170 Å². The molecule has 0 bridgehead atoms. The third-order valence-corrected chi connectivity index (χ3v) is 10.4. The van der Waals surface area contributed by atoms with Gasteiger partial charge in [0.1, 0.15) is 0 Å². The summed E-state index contributed by atoms with van der Waals surface area (Å²) in [5.74, 6) is 0. The third-order valence-electron chi connectivity index (χ3n) is 10.4. The van der Waals surface area contributed by atoms with E-state index >= 15 is 0 Å². The monoisotopic (exact) mass is 647 g/mol. The molecule has 0 saturated carbocycles. The van der Waals surface area contributed by atoms with E-state index in [1.165, 1.54) is 76.1 Å². The van der Waals surface area contributed by atoms with Gasteiger partial charge < -0.3 is 4.90 Å². The van der Waals surface area contributed by atoms with Crippen LogP contribution in [0.4, 0.5) is 17.1 Å². The molecule has 10 aromatic carbocycles. The molecule has 0 spiro atoms. The van der Waals surface area contributed by atoms with Crippen molar-refractivity contribution in [3.05, 3.63) is 200 Å². The van der Waals surface area contributed by atoms with Crippen LogP contribution in [-0.2, 0) is 0 Å². The molecular formula is C50H33N. The lowest BCUT2D eigenvalue weighted by atomic mass is 9.94. The highest BCUT2D eigenvalue weighted by Crippen LogP contribution is 2.45. The Morgan fingerprint density at radius 3 is 1.55 bits per heavy atom. The third kappa shape index (κ3) is 4.94. The minimum atomic E-state index is 1.11. The van der Waals surface area contributed by atoms with Crippen molar-refractivity contribution in [3.63, 3.8) is 0 Å². The van der Waals surface area contributed by atoms with Gasteiger partial charge in [0, 0.05) is 16.6 Å². The van der Waals surface area contributed by atoms with Crippen molar-refractivity contribution >= 4 is 70.9 Å². The van der Waals surface area contributed by atoms with Crippen molar-refractivity contribution < 1.29 is 0 Å². The minimum absolute atomic E-state index is 1.11. The molecule has 0 atom stereocenters. The summed E-state index contributed by atoms with van der Waals surface area (Å²) in [7, 11) is 0. The van der Waals surface area contributed by atoms with Gasteiger partial charge in [-0.25, -0.2) is 0 Å². The van der Waals surface area contributed by atoms with E-state index in [0.29, 0.717) is 0 Å². The minimum Gasteiger partial charge on any atom is -0.309 e. The Labute approximate surface area is 297 Å². The van der Waals surface area contributed by atoms with Gasteiger partial charge in [0.15, 0.2) is 0 Å². The molecule has 0 aliphatic rings. The van der Waals surface area contributed by atoms with E-state index in [-0.39, 0.29) is 0 Å². The molecule has 0 amide bonds. The summed E-state index contributed by atoms with van der Waals surface area (Å²) in [4.78, 5) is 2.44. The quantitative estimate of drug-likeness (QED) is 0.168. The Morgan fingerprint density at radius 2 is 0.765 bits per heavy atom. The van der Waals surface area contributed by atoms with Crippen LogP contribution >= 0.6 is 0 Å². The first-order chi connectivity index (χ1) is 25.3. The molecule has 0 aromatic heterocycles. The average molecular weight is 648 g/mol. The van der Waals surface area contributed by atoms with Gasteiger partial charge in [0.25, 0.3) is 0 Å². The van der Waals surface area contributed by atoms with Gasteiger partial charge in [-0.3, -0.25) is 0 Å². The lowest BCUT2D eigenvalue weighted by Gasteiger charge is -2.29. The molecule has 238 valence electrons. The van der Waals surface area contributed by atoms with Crippen molar-refractivity contribution in [2.24, 2.45) is 0 Å². The Hall–Kier alpha value is -6.70. The molecule has 51 heavy (non-hydrogen) atoms. The first-order valence-electron chi connectivity index (χ1n) is 17.6. The van der Waals surface area contributed by atoms with Crippen LogP contribution in [0.5, 0.6) is 0 Å². The lowest BCUT2D eigenvalue weighted by molar-refractivity contribution is 1.30. The van der Waals surface area contributed by atoms with Crippen LogP contribution in [0.15, 0.2) is 200 Å². The van der Waals surface area contributed by atoms with Crippen molar-refractivity contribution in [1.82, 2.24) is 0 Å². The number of para-hydroxylation sites is 1. The topological polar surface area (TPSA) is 3.24 Å². The number of nitrogens with zero attached hydrogens (tertiary/aromatic N) is 1. The Bertz CT molecular complexity index is 2900. The van der Waals surface area contributed by atoms with Gasteiger partial charge in [-0.15, -0.1) is 0 Å². The summed E-state index contributed by atoms with van der Waals surface area (Å²) in [5.41, 5.74) is 8.19. The van der Waals surface area contributed by atoms with E-state index in [1.54, 1.807) is 0 Å². The normalized spacial score (nSPS) is 11.5. The fourth-order valence-corrected chi connectivity index (χ4v) is 7.97. The maximum atomic E-state index is 2.44. The summed E-state index contributed by atoms with van der Waals surface area (Å²) in [6.45, 7) is 0. The molecule has 0 N–H and O–H groups in total. The van der Waals surface area contributed by atoms with Crippen molar-refractivity contribution in [1.29, 1.82) is 0 Å². The summed E-state index contributed by atoms with van der Waals surface area (Å²) < 4.78 is 0. The maximum absolute atomic E-state index is 2.44. The average Bonchev–Trinajstić information content (AvgIpc) is 3.21. The number of benzene rings is 10. The highest BCUT2D eigenvalue weighted by molar-refractivity contribution is 6.18. The van der Waals surface area contributed by atoms with Crippen LogP contribution < -0.4 is 4.90 Å². The Balaban J connectivity index is 1.13. The standard InChI is InChI=1S/C50H33N/c1-2-12-35(13-3-1)44-18-10-11-21-49(44)51(50-33-38-15-5-7-17-42(38)45-19-8-9-20-48(45)50)40-27-22-34(23-28-40)37-25-29-43-39(32-37)26-31-46-41-16-6-4-14-36(41)24-30-47(43)46/h1-33H. The van der Waals surface area contributed by atoms with Crippen LogP contribution in [0.25, 0.3) is 76.1 Å². The number of rotatable bonds is 5. The number of hydrogen-bond donors (Lipinski definition) is 0. The summed E-state index contributed by atoms with van der Waals surface area (Å²) in [5, 5.41) is 12.7. The zero-order valence-corrected chi connectivity index (χ0v) is 28.0. The van der Waals surface area contributed by atoms with Crippen LogP contribution in [0, 0.1) is 0 Å². The number of anilines is 3. The summed E-state index contributed by atoms with van der Waals surface area (Å²) >= 11 is 0. The SMILES string of the molecule is c1ccc(-c2ccccc2N(c2ccc(-c3ccc4c(ccc5c6ccccc6ccc45)c3)cc2)c2cc3ccccc3c3ccccc23)cc1. The molecule has 10 aromatic rings. The van der Waals surface area contributed by atoms with Gasteiger partial charge in [0.05, 0.1) is 11.4 Å². The predicted octanol–water partition coefficient (Wildman–Crippen LogP) is 14.3. The number of fused-ring (bicyclic) bond motifs is 8. The second-order valence-electron chi connectivity index (χ2n) is 13.3. The van der Waals surface area contributed by atoms with Gasteiger partial charge in [0.2, 0.25) is 0 Å². The maximum Gasteiger partial charge on any atom is 0.0546 e. The molecule has 1 nitrogen and oxygen atoms in total. The van der Waals surface area contributed by atoms with Crippen molar-refractivity contribution in [3.8, 4) is 22.3 Å². The summed E-state index contributed by atoms with van der Waals surface area (Å²) in [6.07, 6.45) is 0. The van der Waals surface area contributed by atoms with E-state index < -0.39 is 0 Å². The molecule has 10 rings (SSSR count). The van der Waals surface area contributed by atoms with Crippen LogP contribution in [-0.4, -0.2) is 0 Å². The highest BCUT2D eigenvalue weighted by Gasteiger charge is 2.20. The van der Waals surface area contributed by atoms with Crippen LogP contribution in [0.1, 0.15) is 0 Å². The number of hydrogen-bond acceptors (Lipinski definition) is 1. The fourth-order valence-electron chi connectivity index (χ4n) is 7.97. The van der Waals surface area contributed by atoms with Crippen molar-refractivity contribution in [2.45, 2.75) is 0 Å². The molecule has 0 heterocycles. The molecule has 0 saturated heterocycles. The van der Waals surface area contributed by atoms with E-state index in [0.717, 1.165) is 17.1 Å². The zero-order valence-electron chi connectivity index (χ0n) is 28.0. The first-order valence-corrected chi connectivity index (χ1v) is 17.6. The van der Waals surface area contributed by atoms with Crippen LogP contribution in [0.2, 0.25) is 0 Å². The Kier molecular flexibility index (Phi) is 6.89. The molecular weight excluding hydrogens is 615 g/mol. The summed E-state index contributed by atoms with van der Waals surface area (Å²) in [6, 6.07) is 73.0. The highest BCUT2D eigenvalue weighted by atomic mass is 15.1. The first kappa shape index (κ1) is 29.2. The van der Waals surface area contributed by atoms with E-state index in [4.69, 9.17) is 0 Å². The van der Waals surface area contributed by atoms with E-state index in [9.17, 15) is 0 Å². The predicted molar refractivity (Wildman–Crippen MR) is 220 cm³/mol. The van der Waals surface area contributed by atoms with E-state index in [2.05, 4.69) is 205 Å². The smallest absolute Gasteiger partial charge is 0.0546 e. The molecule has 0 radical (unpaired) electrons. The van der Waals surface area contributed by atoms with Gasteiger partial charge in [-0.2, -0.15) is 0 Å². The second kappa shape index (κ2) is 12.0. The second-order valence-corrected chi connectivity index (χ2v) is 13.3. The zero-order chi connectivity index (χ0) is 33.7. The van der Waals surface area contributed by atoms with Gasteiger partial charge >= 0.3 is 0 Å². The largest absolute Gasteiger partial charge is 0.309 e.